The molecule has 3 nitrogen and oxygen atoms in total. The molecule has 0 aromatic carbocycles. The maximum atomic E-state index is 10.1. The van der Waals surface area contributed by atoms with Crippen molar-refractivity contribution in [3.8, 4) is 0 Å². The van der Waals surface area contributed by atoms with E-state index in [1.54, 1.807) is 0 Å². The molecule has 0 saturated heterocycles. The van der Waals surface area contributed by atoms with Crippen molar-refractivity contribution in [1.82, 2.24) is 0 Å². The van der Waals surface area contributed by atoms with Gasteiger partial charge in [0, 0.05) is 19.6 Å². The molecule has 0 aromatic heterocycles. The van der Waals surface area contributed by atoms with E-state index in [9.17, 15) is 4.79 Å². The number of hydrogen-bond donors (Lipinski definition) is 0. The van der Waals surface area contributed by atoms with E-state index in [1.807, 2.05) is 13.8 Å². The van der Waals surface area contributed by atoms with Crippen LogP contribution in [0.15, 0.2) is 0 Å². The van der Waals surface area contributed by atoms with Gasteiger partial charge in [-0.3, -0.25) is 0 Å². The standard InChI is InChI=1S/C9H20O3Si/c1-3-11-9(12-4-2)13-8-6-5-7-10/h7,9H,3-6,8,13H2,1-2H3. The monoisotopic (exact) mass is 204 g/mol. The minimum atomic E-state index is -0.320. The number of hydrogen-bond acceptors (Lipinski definition) is 3. The number of rotatable bonds is 9. The molecule has 0 amide bonds. The maximum absolute atomic E-state index is 10.1. The highest BCUT2D eigenvalue weighted by molar-refractivity contribution is 6.36. The third-order valence-electron chi connectivity index (χ3n) is 1.72. The second-order valence-corrected chi connectivity index (χ2v) is 4.74. The van der Waals surface area contributed by atoms with Gasteiger partial charge in [-0.1, -0.05) is 6.04 Å². The van der Waals surface area contributed by atoms with Crippen LogP contribution >= 0.6 is 0 Å². The predicted molar refractivity (Wildman–Crippen MR) is 55.7 cm³/mol. The topological polar surface area (TPSA) is 35.5 Å². The number of aldehydes is 1. The van der Waals surface area contributed by atoms with Gasteiger partial charge in [0.25, 0.3) is 0 Å². The third-order valence-corrected chi connectivity index (χ3v) is 3.57. The summed E-state index contributed by atoms with van der Waals surface area (Å²) in [5.41, 5.74) is 0. The van der Waals surface area contributed by atoms with Crippen LogP contribution in [0.5, 0.6) is 0 Å². The van der Waals surface area contributed by atoms with Crippen LogP contribution in [-0.2, 0) is 14.3 Å². The molecule has 0 spiro atoms. The fourth-order valence-electron chi connectivity index (χ4n) is 1.13. The van der Waals surface area contributed by atoms with Crippen molar-refractivity contribution in [2.45, 2.75) is 38.6 Å². The average molecular weight is 204 g/mol. The van der Waals surface area contributed by atoms with Crippen LogP contribution in [0.3, 0.4) is 0 Å². The van der Waals surface area contributed by atoms with Crippen molar-refractivity contribution >= 4 is 15.8 Å². The molecule has 0 bridgehead atoms. The van der Waals surface area contributed by atoms with Gasteiger partial charge in [-0.2, -0.15) is 0 Å². The quantitative estimate of drug-likeness (QED) is 0.242. The Labute approximate surface area is 82.6 Å². The first kappa shape index (κ1) is 12.8. The van der Waals surface area contributed by atoms with E-state index < -0.39 is 0 Å². The van der Waals surface area contributed by atoms with Gasteiger partial charge in [0.2, 0.25) is 0 Å². The summed E-state index contributed by atoms with van der Waals surface area (Å²) in [5.74, 6) is 0.0571. The van der Waals surface area contributed by atoms with E-state index in [-0.39, 0.29) is 15.4 Å². The molecule has 78 valence electrons. The van der Waals surface area contributed by atoms with E-state index in [0.29, 0.717) is 19.6 Å². The van der Waals surface area contributed by atoms with Gasteiger partial charge in [-0.05, 0) is 20.3 Å². The first-order chi connectivity index (χ1) is 6.35. The van der Waals surface area contributed by atoms with Crippen molar-refractivity contribution in [2.75, 3.05) is 13.2 Å². The number of carbonyl (C=O) groups excluding carboxylic acids is 1. The maximum Gasteiger partial charge on any atom is 0.134 e. The summed E-state index contributed by atoms with van der Waals surface area (Å²) in [6.07, 6.45) is 2.65. The molecule has 0 fully saturated rings. The van der Waals surface area contributed by atoms with Crippen LogP contribution < -0.4 is 0 Å². The lowest BCUT2D eigenvalue weighted by Gasteiger charge is -2.15. The lowest BCUT2D eigenvalue weighted by Crippen LogP contribution is -2.24. The molecule has 4 heteroatoms. The Bertz CT molecular complexity index is 113. The Kier molecular flexibility index (Phi) is 9.74. The summed E-state index contributed by atoms with van der Waals surface area (Å²) in [7, 11) is -0.320. The minimum absolute atomic E-state index is 0.0571. The van der Waals surface area contributed by atoms with Crippen molar-refractivity contribution < 1.29 is 14.3 Å². The van der Waals surface area contributed by atoms with Gasteiger partial charge >= 0.3 is 0 Å². The summed E-state index contributed by atoms with van der Waals surface area (Å²) in [6.45, 7) is 5.38. The van der Waals surface area contributed by atoms with Crippen LogP contribution in [0, 0.1) is 0 Å². The SMILES string of the molecule is CCOC(OCC)[SiH2]CCCC=O. The van der Waals surface area contributed by atoms with Gasteiger partial charge in [-0.15, -0.1) is 0 Å². The molecule has 0 heterocycles. The van der Waals surface area contributed by atoms with Crippen LogP contribution in [0.1, 0.15) is 26.7 Å². The summed E-state index contributed by atoms with van der Waals surface area (Å²) in [5, 5.41) is 0. The molecule has 0 rings (SSSR count). The molecule has 0 aliphatic rings. The van der Waals surface area contributed by atoms with Crippen molar-refractivity contribution in [3.05, 3.63) is 0 Å². The summed E-state index contributed by atoms with van der Waals surface area (Å²) in [4.78, 5) is 10.1. The largest absolute Gasteiger partial charge is 0.357 e. The van der Waals surface area contributed by atoms with Gasteiger partial charge in [-0.25, -0.2) is 0 Å². The molecule has 0 N–H and O–H groups in total. The molecule has 0 radical (unpaired) electrons. The number of unbranched alkanes of at least 4 members (excludes halogenated alkanes) is 1. The average Bonchev–Trinajstić information content (AvgIpc) is 2.13. The summed E-state index contributed by atoms with van der Waals surface area (Å²) < 4.78 is 10.8. The lowest BCUT2D eigenvalue weighted by atomic mass is 10.4. The molecular formula is C9H20O3Si. The van der Waals surface area contributed by atoms with E-state index in [1.165, 1.54) is 0 Å². The van der Waals surface area contributed by atoms with Crippen LogP contribution in [-0.4, -0.2) is 34.9 Å². The predicted octanol–water partition coefficient (Wildman–Crippen LogP) is 0.909. The van der Waals surface area contributed by atoms with E-state index in [0.717, 1.165) is 18.8 Å². The lowest BCUT2D eigenvalue weighted by molar-refractivity contribution is -0.107. The van der Waals surface area contributed by atoms with Gasteiger partial charge < -0.3 is 14.3 Å². The highest BCUT2D eigenvalue weighted by Gasteiger charge is 2.07. The zero-order valence-electron chi connectivity index (χ0n) is 8.62. The smallest absolute Gasteiger partial charge is 0.134 e. The van der Waals surface area contributed by atoms with Crippen molar-refractivity contribution in [1.29, 1.82) is 0 Å². The Hall–Kier alpha value is -0.193. The van der Waals surface area contributed by atoms with Crippen LogP contribution in [0.2, 0.25) is 6.04 Å². The third kappa shape index (κ3) is 8.15. The van der Waals surface area contributed by atoms with Crippen LogP contribution in [0.25, 0.3) is 0 Å². The normalized spacial score (nSPS) is 11.6. The molecule has 0 saturated carbocycles. The molecular weight excluding hydrogens is 184 g/mol. The van der Waals surface area contributed by atoms with E-state index >= 15 is 0 Å². The molecule has 0 atom stereocenters. The van der Waals surface area contributed by atoms with Crippen molar-refractivity contribution in [2.24, 2.45) is 0 Å². The molecule has 0 aliphatic carbocycles. The Morgan fingerprint density at radius 1 is 1.31 bits per heavy atom. The zero-order chi connectivity index (χ0) is 9.94. The van der Waals surface area contributed by atoms with E-state index in [2.05, 4.69) is 0 Å². The Morgan fingerprint density at radius 3 is 2.38 bits per heavy atom. The molecule has 0 aliphatic heterocycles. The first-order valence-electron chi connectivity index (χ1n) is 5.02. The molecule has 0 unspecified atom stereocenters. The minimum Gasteiger partial charge on any atom is -0.357 e. The molecule has 13 heavy (non-hydrogen) atoms. The second kappa shape index (κ2) is 9.89. The Balaban J connectivity index is 3.37. The summed E-state index contributed by atoms with van der Waals surface area (Å²) in [6, 6.07) is 1.13. The fourth-order valence-corrected chi connectivity index (χ4v) is 2.84. The van der Waals surface area contributed by atoms with Gasteiger partial charge in [0.15, 0.2) is 0 Å². The summed E-state index contributed by atoms with van der Waals surface area (Å²) >= 11 is 0. The van der Waals surface area contributed by atoms with Crippen molar-refractivity contribution in [3.63, 3.8) is 0 Å². The zero-order valence-corrected chi connectivity index (χ0v) is 10.0. The van der Waals surface area contributed by atoms with Gasteiger partial charge in [0.05, 0.1) is 9.52 Å². The highest BCUT2D eigenvalue weighted by Crippen LogP contribution is 2.00. The number of carbonyl (C=O) groups is 1. The molecule has 0 aromatic rings. The second-order valence-electron chi connectivity index (χ2n) is 2.79. The number of ether oxygens (including phenoxy) is 2. The van der Waals surface area contributed by atoms with Gasteiger partial charge in [0.1, 0.15) is 12.2 Å². The fraction of sp³-hybridized carbons (Fsp3) is 0.889. The van der Waals surface area contributed by atoms with Crippen LogP contribution in [0.4, 0.5) is 0 Å². The Morgan fingerprint density at radius 2 is 1.92 bits per heavy atom. The highest BCUT2D eigenvalue weighted by atomic mass is 28.2. The van der Waals surface area contributed by atoms with E-state index in [4.69, 9.17) is 9.47 Å². The first-order valence-corrected chi connectivity index (χ1v) is 6.83.